The van der Waals surface area contributed by atoms with Gasteiger partial charge in [-0.1, -0.05) is 31.1 Å². The predicted molar refractivity (Wildman–Crippen MR) is 118 cm³/mol. The summed E-state index contributed by atoms with van der Waals surface area (Å²) in [6, 6.07) is 12.4. The Morgan fingerprint density at radius 1 is 1.10 bits per heavy atom. The molecule has 0 amide bonds. The summed E-state index contributed by atoms with van der Waals surface area (Å²) < 4.78 is 2.33. The molecule has 4 rings (SSSR count). The van der Waals surface area contributed by atoms with Crippen LogP contribution in [0.25, 0.3) is 5.69 Å². The van der Waals surface area contributed by atoms with E-state index >= 15 is 0 Å². The third-order valence-electron chi connectivity index (χ3n) is 5.32. The lowest BCUT2D eigenvalue weighted by Crippen LogP contribution is -2.28. The summed E-state index contributed by atoms with van der Waals surface area (Å²) in [7, 11) is 0. The number of thiophene rings is 1. The quantitative estimate of drug-likeness (QED) is 0.396. The number of rotatable bonds is 3. The molecule has 0 aliphatic heterocycles. The van der Waals surface area contributed by atoms with Crippen molar-refractivity contribution < 1.29 is 9.63 Å². The fourth-order valence-corrected chi connectivity index (χ4v) is 4.83. The van der Waals surface area contributed by atoms with Crippen LogP contribution in [0.1, 0.15) is 58.0 Å². The van der Waals surface area contributed by atoms with Gasteiger partial charge in [-0.25, -0.2) is 4.79 Å². The number of carbonyl (C=O) groups excluding carboxylic acids is 1. The second-order valence-corrected chi connectivity index (χ2v) is 9.69. The largest absolute Gasteiger partial charge is 0.375 e. The van der Waals surface area contributed by atoms with Crippen LogP contribution in [0.2, 0.25) is 0 Å². The van der Waals surface area contributed by atoms with Gasteiger partial charge in [0.1, 0.15) is 4.88 Å². The Morgan fingerprint density at radius 2 is 1.83 bits per heavy atom. The smallest absolute Gasteiger partial charge is 0.318 e. The summed E-state index contributed by atoms with van der Waals surface area (Å²) in [5.74, 6) is -0.400. The van der Waals surface area contributed by atoms with E-state index in [1.54, 1.807) is 6.07 Å². The molecule has 0 radical (unpaired) electrons. The monoisotopic (exact) mass is 406 g/mol. The van der Waals surface area contributed by atoms with E-state index in [0.29, 0.717) is 4.88 Å². The molecule has 1 aliphatic rings. The summed E-state index contributed by atoms with van der Waals surface area (Å²) in [5.41, 5.74) is 8.01. The highest BCUT2D eigenvalue weighted by Crippen LogP contribution is 2.38. The lowest BCUT2D eigenvalue weighted by molar-refractivity contribution is 0.0519. The number of carbonyl (C=O) groups is 1. The van der Waals surface area contributed by atoms with Crippen LogP contribution in [0.15, 0.2) is 46.9 Å². The van der Waals surface area contributed by atoms with Gasteiger partial charge in [-0.3, -0.25) is 0 Å². The fourth-order valence-electron chi connectivity index (χ4n) is 4.24. The lowest BCUT2D eigenvalue weighted by atomic mass is 9.76. The van der Waals surface area contributed by atoms with Crippen molar-refractivity contribution in [3.8, 4) is 5.69 Å². The van der Waals surface area contributed by atoms with Crippen molar-refractivity contribution in [1.82, 2.24) is 4.57 Å². The highest BCUT2D eigenvalue weighted by Gasteiger charge is 2.34. The average Bonchev–Trinajstić information content (AvgIpc) is 3.25. The van der Waals surface area contributed by atoms with Gasteiger partial charge in [-0.2, -0.15) is 0 Å². The summed E-state index contributed by atoms with van der Waals surface area (Å²) in [4.78, 5) is 18.1. The van der Waals surface area contributed by atoms with E-state index in [0.717, 1.165) is 29.8 Å². The number of hydrogen-bond donors (Lipinski definition) is 0. The number of aryl methyl sites for hydroxylation is 3. The number of fused-ring (bicyclic) bond motifs is 1. The van der Waals surface area contributed by atoms with Crippen LogP contribution in [0, 0.1) is 26.2 Å². The van der Waals surface area contributed by atoms with Crippen molar-refractivity contribution in [3.05, 3.63) is 74.7 Å². The van der Waals surface area contributed by atoms with E-state index in [1.807, 2.05) is 11.4 Å². The Hall–Kier alpha value is -2.66. The van der Waals surface area contributed by atoms with Crippen LogP contribution in [-0.2, 0) is 11.3 Å². The van der Waals surface area contributed by atoms with Crippen LogP contribution >= 0.6 is 11.3 Å². The predicted octanol–water partition coefficient (Wildman–Crippen LogP) is 6.00. The highest BCUT2D eigenvalue weighted by atomic mass is 32.1. The number of oxime groups is 1. The zero-order valence-corrected chi connectivity index (χ0v) is 18.4. The Kier molecular flexibility index (Phi) is 4.95. The number of hydrogen-bond acceptors (Lipinski definition) is 4. The van der Waals surface area contributed by atoms with Crippen LogP contribution in [0.4, 0.5) is 0 Å². The molecule has 2 heterocycles. The molecule has 0 fully saturated rings. The maximum atomic E-state index is 12.3. The molecule has 0 unspecified atom stereocenters. The van der Waals surface area contributed by atoms with Gasteiger partial charge in [0.05, 0.1) is 5.71 Å². The summed E-state index contributed by atoms with van der Waals surface area (Å²) in [5, 5.41) is 6.18. The Labute approximate surface area is 175 Å². The SMILES string of the molecule is Cc1cc(C)cc(-n2c(C)cc3c2CC(C)(C)C/C3=N\OC(=O)c2cccs2)c1. The van der Waals surface area contributed by atoms with Gasteiger partial charge >= 0.3 is 5.97 Å². The second kappa shape index (κ2) is 7.30. The number of benzene rings is 1. The first kappa shape index (κ1) is 19.6. The van der Waals surface area contributed by atoms with Gasteiger partial charge in [0.15, 0.2) is 0 Å². The van der Waals surface area contributed by atoms with E-state index in [4.69, 9.17) is 4.84 Å². The van der Waals surface area contributed by atoms with Gasteiger partial charge in [0.25, 0.3) is 0 Å². The molecule has 0 saturated carbocycles. The van der Waals surface area contributed by atoms with E-state index in [2.05, 4.69) is 68.6 Å². The molecule has 2 aromatic heterocycles. The van der Waals surface area contributed by atoms with E-state index in [9.17, 15) is 4.79 Å². The van der Waals surface area contributed by atoms with Crippen LogP contribution in [-0.4, -0.2) is 16.2 Å². The molecule has 0 N–H and O–H groups in total. The maximum Gasteiger partial charge on any atom is 0.375 e. The summed E-state index contributed by atoms with van der Waals surface area (Å²) >= 11 is 1.36. The minimum atomic E-state index is -0.400. The Morgan fingerprint density at radius 3 is 2.48 bits per heavy atom. The van der Waals surface area contributed by atoms with E-state index < -0.39 is 5.97 Å². The highest BCUT2D eigenvalue weighted by molar-refractivity contribution is 7.11. The second-order valence-electron chi connectivity index (χ2n) is 8.74. The van der Waals surface area contributed by atoms with Crippen LogP contribution < -0.4 is 0 Å². The number of aromatic nitrogens is 1. The molecule has 0 atom stereocenters. The minimum absolute atomic E-state index is 0.0303. The van der Waals surface area contributed by atoms with Gasteiger partial charge < -0.3 is 9.40 Å². The molecule has 3 aromatic rings. The third-order valence-corrected chi connectivity index (χ3v) is 6.17. The van der Waals surface area contributed by atoms with Crippen molar-refractivity contribution >= 4 is 23.0 Å². The molecule has 0 spiro atoms. The molecule has 4 nitrogen and oxygen atoms in total. The molecular weight excluding hydrogens is 380 g/mol. The van der Waals surface area contributed by atoms with Crippen molar-refractivity contribution in [3.63, 3.8) is 0 Å². The van der Waals surface area contributed by atoms with Crippen molar-refractivity contribution in [2.75, 3.05) is 0 Å². The van der Waals surface area contributed by atoms with Crippen molar-refractivity contribution in [2.45, 2.75) is 47.5 Å². The van der Waals surface area contributed by atoms with Crippen LogP contribution in [0.5, 0.6) is 0 Å². The zero-order chi connectivity index (χ0) is 20.8. The van der Waals surface area contributed by atoms with Crippen molar-refractivity contribution in [2.24, 2.45) is 10.6 Å². The van der Waals surface area contributed by atoms with Crippen LogP contribution in [0.3, 0.4) is 0 Å². The Balaban J connectivity index is 1.77. The topological polar surface area (TPSA) is 43.6 Å². The van der Waals surface area contributed by atoms with Gasteiger partial charge in [0.2, 0.25) is 0 Å². The van der Waals surface area contributed by atoms with Gasteiger partial charge in [-0.05, 0) is 79.8 Å². The molecule has 150 valence electrons. The summed E-state index contributed by atoms with van der Waals surface area (Å²) in [6.07, 6.45) is 1.72. The molecule has 29 heavy (non-hydrogen) atoms. The molecule has 1 aromatic carbocycles. The first-order valence-electron chi connectivity index (χ1n) is 9.85. The van der Waals surface area contributed by atoms with E-state index in [1.165, 1.54) is 33.8 Å². The van der Waals surface area contributed by atoms with Gasteiger partial charge in [0, 0.05) is 22.6 Å². The normalized spacial score (nSPS) is 16.7. The van der Waals surface area contributed by atoms with Crippen molar-refractivity contribution in [1.29, 1.82) is 0 Å². The number of nitrogens with zero attached hydrogens (tertiary/aromatic N) is 2. The average molecular weight is 407 g/mol. The third kappa shape index (κ3) is 3.92. The molecular formula is C24H26N2O2S. The molecule has 0 saturated heterocycles. The summed E-state index contributed by atoms with van der Waals surface area (Å²) in [6.45, 7) is 10.9. The molecule has 5 heteroatoms. The lowest BCUT2D eigenvalue weighted by Gasteiger charge is -2.31. The minimum Gasteiger partial charge on any atom is -0.318 e. The standard InChI is InChI=1S/C24H26N2O2S/c1-15-9-16(2)11-18(10-15)26-17(3)12-19-20(13-24(4,5)14-21(19)26)25-28-23(27)22-7-6-8-29-22/h6-12H,13-14H2,1-5H3/b25-20+. The molecule has 1 aliphatic carbocycles. The Bertz CT molecular complexity index is 1080. The first-order valence-corrected chi connectivity index (χ1v) is 10.7. The van der Waals surface area contributed by atoms with E-state index in [-0.39, 0.29) is 5.41 Å². The zero-order valence-electron chi connectivity index (χ0n) is 17.6. The first-order chi connectivity index (χ1) is 13.7. The fraction of sp³-hybridized carbons (Fsp3) is 0.333. The molecule has 0 bridgehead atoms. The maximum absolute atomic E-state index is 12.3. The van der Waals surface area contributed by atoms with Gasteiger partial charge in [-0.15, -0.1) is 11.3 Å².